The smallest absolute Gasteiger partial charge is 0.147 e. The van der Waals surface area contributed by atoms with Crippen LogP contribution in [0, 0.1) is 5.82 Å². The van der Waals surface area contributed by atoms with Gasteiger partial charge in [0.15, 0.2) is 0 Å². The molecule has 3 rings (SSSR count). The van der Waals surface area contributed by atoms with Crippen molar-refractivity contribution in [3.63, 3.8) is 0 Å². The van der Waals surface area contributed by atoms with Crippen LogP contribution in [0.2, 0.25) is 5.02 Å². The zero-order chi connectivity index (χ0) is 14.1. The zero-order valence-corrected chi connectivity index (χ0v) is 11.7. The Bertz CT molecular complexity index is 767. The summed E-state index contributed by atoms with van der Waals surface area (Å²) in [6.45, 7) is 0.458. The van der Waals surface area contributed by atoms with E-state index in [1.165, 1.54) is 6.07 Å². The van der Waals surface area contributed by atoms with Crippen molar-refractivity contribution in [1.82, 2.24) is 9.78 Å². The van der Waals surface area contributed by atoms with Gasteiger partial charge in [0, 0.05) is 17.5 Å². The Labute approximate surface area is 121 Å². The summed E-state index contributed by atoms with van der Waals surface area (Å²) in [5, 5.41) is 8.96. The first kappa shape index (κ1) is 12.9. The molecule has 0 fully saturated rings. The van der Waals surface area contributed by atoms with Gasteiger partial charge in [0.2, 0.25) is 0 Å². The van der Waals surface area contributed by atoms with Crippen LogP contribution in [0.15, 0.2) is 42.5 Å². The van der Waals surface area contributed by atoms with E-state index in [0.717, 1.165) is 16.6 Å². The van der Waals surface area contributed by atoms with Crippen LogP contribution in [0.4, 0.5) is 10.1 Å². The fourth-order valence-corrected chi connectivity index (χ4v) is 2.39. The Kier molecular flexibility index (Phi) is 3.32. The normalized spacial score (nSPS) is 10.9. The molecule has 102 valence electrons. The summed E-state index contributed by atoms with van der Waals surface area (Å²) < 4.78 is 15.5. The molecule has 0 radical (unpaired) electrons. The highest BCUT2D eigenvalue weighted by Gasteiger charge is 2.09. The molecule has 3 aromatic rings. The molecule has 20 heavy (non-hydrogen) atoms. The van der Waals surface area contributed by atoms with Crippen molar-refractivity contribution < 1.29 is 4.39 Å². The molecule has 0 amide bonds. The zero-order valence-electron chi connectivity index (χ0n) is 10.9. The molecule has 0 bridgehead atoms. The van der Waals surface area contributed by atoms with Gasteiger partial charge in [-0.2, -0.15) is 5.10 Å². The average molecular weight is 290 g/mol. The molecular weight excluding hydrogens is 277 g/mol. The number of hydrogen-bond acceptors (Lipinski definition) is 2. The maximum absolute atomic E-state index is 13.7. The number of fused-ring (bicyclic) bond motifs is 1. The number of benzene rings is 2. The van der Waals surface area contributed by atoms with Crippen molar-refractivity contribution in [2.45, 2.75) is 6.54 Å². The van der Waals surface area contributed by atoms with E-state index in [9.17, 15) is 4.39 Å². The molecule has 0 aliphatic heterocycles. The quantitative estimate of drug-likeness (QED) is 0.790. The minimum Gasteiger partial charge on any atom is -0.377 e. The van der Waals surface area contributed by atoms with Crippen molar-refractivity contribution >= 4 is 28.2 Å². The van der Waals surface area contributed by atoms with Crippen molar-refractivity contribution in [2.24, 2.45) is 7.05 Å². The Balaban J connectivity index is 1.87. The average Bonchev–Trinajstić information content (AvgIpc) is 2.75. The number of aromatic nitrogens is 2. The molecule has 2 aromatic carbocycles. The second kappa shape index (κ2) is 5.13. The SMILES string of the molecule is Cn1nc(CNc2ccc(Cl)cc2F)c2ccccc21. The Hall–Kier alpha value is -2.07. The summed E-state index contributed by atoms with van der Waals surface area (Å²) in [7, 11) is 1.90. The van der Waals surface area contributed by atoms with Gasteiger partial charge in [0.05, 0.1) is 23.4 Å². The standard InChI is InChI=1S/C15H13ClFN3/c1-20-15-5-3-2-4-11(15)14(19-20)9-18-13-7-6-10(16)8-12(13)17/h2-8,18H,9H2,1H3. The summed E-state index contributed by atoms with van der Waals surface area (Å²) in [5.74, 6) is -0.363. The Morgan fingerprint density at radius 2 is 2.05 bits per heavy atom. The highest BCUT2D eigenvalue weighted by Crippen LogP contribution is 2.21. The van der Waals surface area contributed by atoms with Gasteiger partial charge in [-0.1, -0.05) is 29.8 Å². The molecule has 0 atom stereocenters. The molecular formula is C15H13ClFN3. The predicted molar refractivity (Wildman–Crippen MR) is 79.5 cm³/mol. The first-order valence-electron chi connectivity index (χ1n) is 6.24. The van der Waals surface area contributed by atoms with E-state index in [4.69, 9.17) is 11.6 Å². The lowest BCUT2D eigenvalue weighted by atomic mass is 10.2. The minimum atomic E-state index is -0.363. The van der Waals surface area contributed by atoms with Gasteiger partial charge in [-0.15, -0.1) is 0 Å². The van der Waals surface area contributed by atoms with E-state index in [-0.39, 0.29) is 5.82 Å². The van der Waals surface area contributed by atoms with Gasteiger partial charge >= 0.3 is 0 Å². The third kappa shape index (κ3) is 2.34. The Morgan fingerprint density at radius 1 is 1.25 bits per heavy atom. The molecule has 1 aromatic heterocycles. The number of nitrogens with one attached hydrogen (secondary N) is 1. The fourth-order valence-electron chi connectivity index (χ4n) is 2.23. The molecule has 0 unspecified atom stereocenters. The van der Waals surface area contributed by atoms with Crippen LogP contribution in [-0.2, 0) is 13.6 Å². The summed E-state index contributed by atoms with van der Waals surface area (Å²) in [4.78, 5) is 0. The topological polar surface area (TPSA) is 29.9 Å². The Morgan fingerprint density at radius 3 is 2.85 bits per heavy atom. The number of rotatable bonds is 3. The molecule has 1 N–H and O–H groups in total. The van der Waals surface area contributed by atoms with E-state index < -0.39 is 0 Å². The van der Waals surface area contributed by atoms with Gasteiger partial charge in [-0.3, -0.25) is 4.68 Å². The van der Waals surface area contributed by atoms with Gasteiger partial charge in [-0.25, -0.2) is 4.39 Å². The maximum atomic E-state index is 13.7. The van der Waals surface area contributed by atoms with E-state index in [1.54, 1.807) is 12.1 Å². The summed E-state index contributed by atoms with van der Waals surface area (Å²) in [6, 6.07) is 12.5. The van der Waals surface area contributed by atoms with Crippen LogP contribution < -0.4 is 5.32 Å². The van der Waals surface area contributed by atoms with Crippen molar-refractivity contribution in [3.05, 3.63) is 59.0 Å². The van der Waals surface area contributed by atoms with Gasteiger partial charge in [0.1, 0.15) is 5.82 Å². The number of anilines is 1. The third-order valence-corrected chi connectivity index (χ3v) is 3.45. The maximum Gasteiger partial charge on any atom is 0.147 e. The lowest BCUT2D eigenvalue weighted by Gasteiger charge is -2.06. The van der Waals surface area contributed by atoms with E-state index in [0.29, 0.717) is 17.3 Å². The van der Waals surface area contributed by atoms with Crippen LogP contribution >= 0.6 is 11.6 Å². The van der Waals surface area contributed by atoms with Gasteiger partial charge in [0.25, 0.3) is 0 Å². The summed E-state index contributed by atoms with van der Waals surface area (Å²) in [6.07, 6.45) is 0. The fraction of sp³-hybridized carbons (Fsp3) is 0.133. The molecule has 0 saturated carbocycles. The van der Waals surface area contributed by atoms with Crippen LogP contribution in [0.3, 0.4) is 0 Å². The molecule has 1 heterocycles. The summed E-state index contributed by atoms with van der Waals surface area (Å²) in [5.41, 5.74) is 2.36. The van der Waals surface area contributed by atoms with Crippen LogP contribution in [0.1, 0.15) is 5.69 Å². The lowest BCUT2D eigenvalue weighted by Crippen LogP contribution is -2.03. The van der Waals surface area contributed by atoms with Crippen molar-refractivity contribution in [1.29, 1.82) is 0 Å². The number of nitrogens with zero attached hydrogens (tertiary/aromatic N) is 2. The van der Waals surface area contributed by atoms with Crippen LogP contribution in [-0.4, -0.2) is 9.78 Å². The van der Waals surface area contributed by atoms with E-state index in [2.05, 4.69) is 10.4 Å². The minimum absolute atomic E-state index is 0.363. The number of halogens is 2. The number of hydrogen-bond donors (Lipinski definition) is 1. The van der Waals surface area contributed by atoms with Crippen molar-refractivity contribution in [2.75, 3.05) is 5.32 Å². The van der Waals surface area contributed by atoms with Gasteiger partial charge in [-0.05, 0) is 24.3 Å². The molecule has 0 spiro atoms. The highest BCUT2D eigenvalue weighted by atomic mass is 35.5. The predicted octanol–water partition coefficient (Wildman–Crippen LogP) is 3.98. The molecule has 3 nitrogen and oxygen atoms in total. The van der Waals surface area contributed by atoms with E-state index in [1.807, 2.05) is 36.0 Å². The second-order valence-electron chi connectivity index (χ2n) is 4.57. The molecule has 0 aliphatic carbocycles. The first-order chi connectivity index (χ1) is 9.65. The first-order valence-corrected chi connectivity index (χ1v) is 6.62. The number of aryl methyl sites for hydroxylation is 1. The van der Waals surface area contributed by atoms with Crippen LogP contribution in [0.5, 0.6) is 0 Å². The lowest BCUT2D eigenvalue weighted by molar-refractivity contribution is 0.630. The second-order valence-corrected chi connectivity index (χ2v) is 5.00. The largest absolute Gasteiger partial charge is 0.377 e. The number of para-hydroxylation sites is 1. The van der Waals surface area contributed by atoms with E-state index >= 15 is 0 Å². The monoisotopic (exact) mass is 289 g/mol. The molecule has 5 heteroatoms. The highest BCUT2D eigenvalue weighted by molar-refractivity contribution is 6.30. The summed E-state index contributed by atoms with van der Waals surface area (Å²) >= 11 is 5.73. The van der Waals surface area contributed by atoms with Gasteiger partial charge < -0.3 is 5.32 Å². The molecule has 0 saturated heterocycles. The molecule has 0 aliphatic rings. The third-order valence-electron chi connectivity index (χ3n) is 3.21. The van der Waals surface area contributed by atoms with Crippen LogP contribution in [0.25, 0.3) is 10.9 Å². The van der Waals surface area contributed by atoms with Crippen molar-refractivity contribution in [3.8, 4) is 0 Å².